The monoisotopic (exact) mass is 338 g/mol. The minimum Gasteiger partial charge on any atom is -0.329 e. The lowest BCUT2D eigenvalue weighted by molar-refractivity contribution is 0.128. The molecule has 0 amide bonds. The highest BCUT2D eigenvalue weighted by molar-refractivity contribution is 5.41. The molecule has 2 nitrogen and oxygen atoms in total. The molecule has 0 fully saturated rings. The first kappa shape index (κ1) is 19.7. The third-order valence-electron chi connectivity index (χ3n) is 5.55. The third kappa shape index (κ3) is 4.13. The average Bonchev–Trinajstić information content (AvgIpc) is 2.62. The average molecular weight is 339 g/mol. The van der Waals surface area contributed by atoms with Gasteiger partial charge in [-0.1, -0.05) is 67.6 Å². The standard InChI is InChI=1S/C23H34N2/c1-18(2)25(19(3)4)16-20(5)23(17-24,21-12-8-6-9-13-21)22-14-10-7-11-15-22/h6-15,18-20H,16-17,24H2,1-5H3. The van der Waals surface area contributed by atoms with Crippen molar-refractivity contribution in [3.8, 4) is 0 Å². The highest BCUT2D eigenvalue weighted by Gasteiger charge is 2.39. The Bertz CT molecular complexity index is 572. The lowest BCUT2D eigenvalue weighted by Gasteiger charge is -2.43. The summed E-state index contributed by atoms with van der Waals surface area (Å²) in [6.07, 6.45) is 0. The first-order valence-electron chi connectivity index (χ1n) is 9.50. The molecule has 0 bridgehead atoms. The van der Waals surface area contributed by atoms with Crippen LogP contribution >= 0.6 is 0 Å². The van der Waals surface area contributed by atoms with Gasteiger partial charge >= 0.3 is 0 Å². The summed E-state index contributed by atoms with van der Waals surface area (Å²) in [7, 11) is 0. The molecule has 1 atom stereocenters. The van der Waals surface area contributed by atoms with Crippen molar-refractivity contribution >= 4 is 0 Å². The van der Waals surface area contributed by atoms with Crippen LogP contribution in [0, 0.1) is 5.92 Å². The van der Waals surface area contributed by atoms with Crippen LogP contribution in [0.2, 0.25) is 0 Å². The van der Waals surface area contributed by atoms with Crippen molar-refractivity contribution in [3.63, 3.8) is 0 Å². The van der Waals surface area contributed by atoms with Crippen molar-refractivity contribution in [1.29, 1.82) is 0 Å². The maximum Gasteiger partial charge on any atom is 0.0362 e. The molecule has 136 valence electrons. The summed E-state index contributed by atoms with van der Waals surface area (Å²) in [6.45, 7) is 13.1. The SMILES string of the molecule is CC(C)N(CC(C)C(CN)(c1ccccc1)c1ccccc1)C(C)C. The van der Waals surface area contributed by atoms with Gasteiger partial charge in [-0.3, -0.25) is 4.90 Å². The summed E-state index contributed by atoms with van der Waals surface area (Å²) in [5.74, 6) is 0.395. The second-order valence-electron chi connectivity index (χ2n) is 7.69. The quantitative estimate of drug-likeness (QED) is 0.757. The summed E-state index contributed by atoms with van der Waals surface area (Å²) in [4.78, 5) is 2.57. The lowest BCUT2D eigenvalue weighted by atomic mass is 9.66. The van der Waals surface area contributed by atoms with E-state index in [1.807, 2.05) is 0 Å². The molecule has 0 saturated carbocycles. The van der Waals surface area contributed by atoms with Crippen LogP contribution < -0.4 is 5.73 Å². The van der Waals surface area contributed by atoms with Gasteiger partial charge in [-0.2, -0.15) is 0 Å². The highest BCUT2D eigenvalue weighted by Crippen LogP contribution is 2.39. The highest BCUT2D eigenvalue weighted by atomic mass is 15.2. The van der Waals surface area contributed by atoms with Gasteiger partial charge in [0.25, 0.3) is 0 Å². The smallest absolute Gasteiger partial charge is 0.0362 e. The van der Waals surface area contributed by atoms with Gasteiger partial charge in [0.1, 0.15) is 0 Å². The Morgan fingerprint density at radius 3 is 1.48 bits per heavy atom. The van der Waals surface area contributed by atoms with Crippen LogP contribution in [0.25, 0.3) is 0 Å². The van der Waals surface area contributed by atoms with E-state index >= 15 is 0 Å². The first-order chi connectivity index (χ1) is 11.9. The molecule has 2 aromatic carbocycles. The van der Waals surface area contributed by atoms with Crippen LogP contribution in [0.15, 0.2) is 60.7 Å². The van der Waals surface area contributed by atoms with Gasteiger partial charge < -0.3 is 5.73 Å². The van der Waals surface area contributed by atoms with E-state index in [-0.39, 0.29) is 5.41 Å². The number of nitrogens with zero attached hydrogens (tertiary/aromatic N) is 1. The molecule has 0 spiro atoms. The van der Waals surface area contributed by atoms with Gasteiger partial charge in [-0.05, 0) is 44.7 Å². The molecule has 0 saturated heterocycles. The lowest BCUT2D eigenvalue weighted by Crippen LogP contribution is -2.49. The van der Waals surface area contributed by atoms with Crippen molar-refractivity contribution in [1.82, 2.24) is 4.90 Å². The van der Waals surface area contributed by atoms with E-state index in [1.165, 1.54) is 11.1 Å². The molecule has 2 heteroatoms. The predicted molar refractivity (Wildman–Crippen MR) is 109 cm³/mol. The van der Waals surface area contributed by atoms with Gasteiger partial charge in [0, 0.05) is 30.6 Å². The molecule has 2 N–H and O–H groups in total. The summed E-state index contributed by atoms with van der Waals surface area (Å²) in [5, 5.41) is 0. The molecule has 0 radical (unpaired) electrons. The zero-order chi connectivity index (χ0) is 18.4. The van der Waals surface area contributed by atoms with Crippen LogP contribution in [0.4, 0.5) is 0 Å². The van der Waals surface area contributed by atoms with Crippen LogP contribution in [0.3, 0.4) is 0 Å². The molecule has 0 aliphatic rings. The largest absolute Gasteiger partial charge is 0.329 e. The Morgan fingerprint density at radius 1 is 0.760 bits per heavy atom. The van der Waals surface area contributed by atoms with E-state index < -0.39 is 0 Å². The van der Waals surface area contributed by atoms with Gasteiger partial charge in [-0.15, -0.1) is 0 Å². The molecular formula is C23H34N2. The molecule has 2 aromatic rings. The fourth-order valence-electron chi connectivity index (χ4n) is 4.13. The molecule has 0 aromatic heterocycles. The van der Waals surface area contributed by atoms with Gasteiger partial charge in [0.05, 0.1) is 0 Å². The Morgan fingerprint density at radius 2 is 1.16 bits per heavy atom. The van der Waals surface area contributed by atoms with E-state index in [2.05, 4.69) is 100 Å². The molecule has 0 aliphatic heterocycles. The van der Waals surface area contributed by atoms with Crippen LogP contribution in [0.1, 0.15) is 45.7 Å². The van der Waals surface area contributed by atoms with Gasteiger partial charge in [-0.25, -0.2) is 0 Å². The zero-order valence-electron chi connectivity index (χ0n) is 16.4. The number of rotatable bonds is 8. The van der Waals surface area contributed by atoms with Crippen LogP contribution in [0.5, 0.6) is 0 Å². The van der Waals surface area contributed by atoms with E-state index in [0.717, 1.165) is 6.54 Å². The Labute approximate surface area is 154 Å². The van der Waals surface area contributed by atoms with Gasteiger partial charge in [0.2, 0.25) is 0 Å². The van der Waals surface area contributed by atoms with Crippen molar-refractivity contribution < 1.29 is 0 Å². The fourth-order valence-corrected chi connectivity index (χ4v) is 4.13. The van der Waals surface area contributed by atoms with Crippen LogP contribution in [-0.2, 0) is 5.41 Å². The topological polar surface area (TPSA) is 29.3 Å². The molecule has 25 heavy (non-hydrogen) atoms. The molecule has 2 rings (SSSR count). The Hall–Kier alpha value is -1.64. The van der Waals surface area contributed by atoms with E-state index in [4.69, 9.17) is 5.73 Å². The predicted octanol–water partition coefficient (Wildman–Crippen LogP) is 4.69. The summed E-state index contributed by atoms with van der Waals surface area (Å²) < 4.78 is 0. The fraction of sp³-hybridized carbons (Fsp3) is 0.478. The second kappa shape index (κ2) is 8.64. The van der Waals surface area contributed by atoms with Crippen molar-refractivity contribution in [2.75, 3.05) is 13.1 Å². The van der Waals surface area contributed by atoms with Crippen molar-refractivity contribution in [3.05, 3.63) is 71.8 Å². The molecular weight excluding hydrogens is 304 g/mol. The summed E-state index contributed by atoms with van der Waals surface area (Å²) >= 11 is 0. The maximum absolute atomic E-state index is 6.48. The number of hydrogen-bond donors (Lipinski definition) is 1. The van der Waals surface area contributed by atoms with E-state index in [0.29, 0.717) is 24.5 Å². The number of nitrogens with two attached hydrogens (primary N) is 1. The van der Waals surface area contributed by atoms with E-state index in [1.54, 1.807) is 0 Å². The minimum absolute atomic E-state index is 0.176. The third-order valence-corrected chi connectivity index (χ3v) is 5.55. The Balaban J connectivity index is 2.51. The molecule has 1 unspecified atom stereocenters. The number of benzene rings is 2. The summed E-state index contributed by atoms with van der Waals surface area (Å²) in [5.41, 5.74) is 8.92. The minimum atomic E-state index is -0.176. The number of hydrogen-bond acceptors (Lipinski definition) is 2. The van der Waals surface area contributed by atoms with Crippen molar-refractivity contribution in [2.24, 2.45) is 11.7 Å². The first-order valence-corrected chi connectivity index (χ1v) is 9.50. The van der Waals surface area contributed by atoms with Gasteiger partial charge in [0.15, 0.2) is 0 Å². The maximum atomic E-state index is 6.48. The molecule has 0 aliphatic carbocycles. The van der Waals surface area contributed by atoms with Crippen molar-refractivity contribution in [2.45, 2.75) is 52.1 Å². The van der Waals surface area contributed by atoms with E-state index in [9.17, 15) is 0 Å². The normalized spacial score (nSPS) is 13.6. The second-order valence-corrected chi connectivity index (χ2v) is 7.69. The Kier molecular flexibility index (Phi) is 6.80. The zero-order valence-corrected chi connectivity index (χ0v) is 16.4. The summed E-state index contributed by atoms with van der Waals surface area (Å²) in [6, 6.07) is 22.6. The molecule has 0 heterocycles. The van der Waals surface area contributed by atoms with Crippen LogP contribution in [-0.4, -0.2) is 30.1 Å².